The van der Waals surface area contributed by atoms with E-state index in [0.29, 0.717) is 19.1 Å². The van der Waals surface area contributed by atoms with Crippen LogP contribution in [0.15, 0.2) is 24.3 Å². The molecule has 0 saturated heterocycles. The Morgan fingerprint density at radius 3 is 2.84 bits per heavy atom. The number of carbonyl (C=O) groups is 1. The van der Waals surface area contributed by atoms with Crippen LogP contribution >= 0.6 is 0 Å². The zero-order valence-corrected chi connectivity index (χ0v) is 14.6. The van der Waals surface area contributed by atoms with Gasteiger partial charge in [-0.25, -0.2) is 9.67 Å². The van der Waals surface area contributed by atoms with Crippen LogP contribution in [0.2, 0.25) is 0 Å². The van der Waals surface area contributed by atoms with Crippen LogP contribution in [0.5, 0.6) is 0 Å². The van der Waals surface area contributed by atoms with Gasteiger partial charge in [0, 0.05) is 19.1 Å². The molecule has 0 spiro atoms. The molecule has 0 radical (unpaired) electrons. The minimum atomic E-state index is -0.0364. The van der Waals surface area contributed by atoms with Gasteiger partial charge in [0.2, 0.25) is 0 Å². The van der Waals surface area contributed by atoms with Crippen LogP contribution in [0.1, 0.15) is 71.8 Å². The van der Waals surface area contributed by atoms with Crippen molar-refractivity contribution >= 4 is 5.91 Å². The van der Waals surface area contributed by atoms with Crippen molar-refractivity contribution in [3.8, 4) is 0 Å². The number of hydrogen-bond acceptors (Lipinski definition) is 4. The summed E-state index contributed by atoms with van der Waals surface area (Å²) >= 11 is 0. The minimum absolute atomic E-state index is 0.00134. The second-order valence-electron chi connectivity index (χ2n) is 6.93. The minimum Gasteiger partial charge on any atom is -0.377 e. The number of fused-ring (bicyclic) bond motifs is 1. The number of methoxy groups -OCH3 is 1. The number of aromatic nitrogens is 3. The summed E-state index contributed by atoms with van der Waals surface area (Å²) < 4.78 is 7.32. The van der Waals surface area contributed by atoms with E-state index >= 15 is 0 Å². The highest BCUT2D eigenvalue weighted by Gasteiger charge is 2.30. The Balaban J connectivity index is 1.62. The lowest BCUT2D eigenvalue weighted by molar-refractivity contribution is 0.0955. The van der Waals surface area contributed by atoms with Crippen molar-refractivity contribution in [1.82, 2.24) is 20.1 Å². The summed E-state index contributed by atoms with van der Waals surface area (Å²) in [6.45, 7) is 0.417. The number of ether oxygens (including phenoxy) is 1. The molecule has 1 saturated carbocycles. The van der Waals surface area contributed by atoms with Gasteiger partial charge in [0.1, 0.15) is 12.4 Å². The number of hydrogen-bond donors (Lipinski definition) is 1. The second kappa shape index (κ2) is 6.96. The predicted molar refractivity (Wildman–Crippen MR) is 93.2 cm³/mol. The summed E-state index contributed by atoms with van der Waals surface area (Å²) in [7, 11) is 1.66. The summed E-state index contributed by atoms with van der Waals surface area (Å²) in [6.07, 6.45) is 6.75. The molecule has 1 N–H and O–H groups in total. The molecule has 1 atom stereocenters. The fourth-order valence-corrected chi connectivity index (χ4v) is 4.02. The van der Waals surface area contributed by atoms with E-state index in [4.69, 9.17) is 14.8 Å². The predicted octanol–water partition coefficient (Wildman–Crippen LogP) is 2.96. The number of carbonyl (C=O) groups excluding carboxylic acids is 1. The quantitative estimate of drug-likeness (QED) is 0.908. The smallest absolute Gasteiger partial charge is 0.252 e. The lowest BCUT2D eigenvalue weighted by Crippen LogP contribution is -2.24. The summed E-state index contributed by atoms with van der Waals surface area (Å²) in [4.78, 5) is 16.9. The normalized spacial score (nSPS) is 20.5. The molecule has 25 heavy (non-hydrogen) atoms. The average Bonchev–Trinajstić information content (AvgIpc) is 3.18. The molecule has 2 heterocycles. The van der Waals surface area contributed by atoms with Crippen LogP contribution in [0.3, 0.4) is 0 Å². The van der Waals surface area contributed by atoms with Crippen molar-refractivity contribution in [3.63, 3.8) is 0 Å². The Bertz CT molecular complexity index is 765. The van der Waals surface area contributed by atoms with Gasteiger partial charge in [-0.15, -0.1) is 0 Å². The molecule has 1 aliphatic heterocycles. The topological polar surface area (TPSA) is 69.0 Å². The van der Waals surface area contributed by atoms with Gasteiger partial charge in [0.15, 0.2) is 5.82 Å². The Kier molecular flexibility index (Phi) is 4.53. The van der Waals surface area contributed by atoms with Crippen LogP contribution in [-0.4, -0.2) is 27.8 Å². The molecule has 1 aliphatic carbocycles. The van der Waals surface area contributed by atoms with E-state index in [1.54, 1.807) is 7.11 Å². The van der Waals surface area contributed by atoms with Crippen LogP contribution in [0.25, 0.3) is 0 Å². The maximum Gasteiger partial charge on any atom is 0.252 e. The van der Waals surface area contributed by atoms with Crippen molar-refractivity contribution < 1.29 is 9.53 Å². The van der Waals surface area contributed by atoms with Crippen molar-refractivity contribution in [2.45, 2.75) is 57.2 Å². The van der Waals surface area contributed by atoms with Gasteiger partial charge < -0.3 is 10.1 Å². The molecule has 2 aliphatic rings. The van der Waals surface area contributed by atoms with E-state index < -0.39 is 0 Å². The molecule has 2 aromatic rings. The highest BCUT2D eigenvalue weighted by atomic mass is 16.5. The zero-order valence-electron chi connectivity index (χ0n) is 14.6. The summed E-state index contributed by atoms with van der Waals surface area (Å²) in [5.41, 5.74) is 1.83. The largest absolute Gasteiger partial charge is 0.377 e. The van der Waals surface area contributed by atoms with Gasteiger partial charge in [-0.05, 0) is 24.5 Å². The Morgan fingerprint density at radius 1 is 1.24 bits per heavy atom. The van der Waals surface area contributed by atoms with Crippen molar-refractivity contribution in [3.05, 3.63) is 47.0 Å². The Morgan fingerprint density at radius 2 is 2.04 bits per heavy atom. The highest BCUT2D eigenvalue weighted by Crippen LogP contribution is 2.31. The molecule has 4 rings (SSSR count). The molecule has 1 amide bonds. The third kappa shape index (κ3) is 3.18. The highest BCUT2D eigenvalue weighted by molar-refractivity contribution is 5.99. The zero-order chi connectivity index (χ0) is 17.2. The van der Waals surface area contributed by atoms with E-state index in [-0.39, 0.29) is 11.9 Å². The fourth-order valence-electron chi connectivity index (χ4n) is 4.02. The molecule has 1 fully saturated rings. The molecule has 1 aromatic carbocycles. The standard InChI is InChI=1S/C19H24N4O2/c1-25-12-17-21-18(23(22-17)13-7-3-2-4-8-13)11-16-14-9-5-6-10-15(14)19(24)20-16/h5-6,9-10,13,16H,2-4,7-8,11-12H2,1H3,(H,20,24)/t16-/m0/s1. The lowest BCUT2D eigenvalue weighted by Gasteiger charge is -2.24. The van der Waals surface area contributed by atoms with E-state index in [0.717, 1.165) is 35.6 Å². The number of amides is 1. The first-order chi connectivity index (χ1) is 12.3. The third-order valence-corrected chi connectivity index (χ3v) is 5.21. The molecule has 1 aromatic heterocycles. The van der Waals surface area contributed by atoms with Gasteiger partial charge >= 0.3 is 0 Å². The first-order valence-corrected chi connectivity index (χ1v) is 9.09. The maximum atomic E-state index is 12.2. The molecule has 132 valence electrons. The van der Waals surface area contributed by atoms with Crippen molar-refractivity contribution in [2.75, 3.05) is 7.11 Å². The van der Waals surface area contributed by atoms with E-state index in [1.807, 2.05) is 24.3 Å². The van der Waals surface area contributed by atoms with Crippen LogP contribution in [0, 0.1) is 0 Å². The Hall–Kier alpha value is -2.21. The second-order valence-corrected chi connectivity index (χ2v) is 6.93. The van der Waals surface area contributed by atoms with Crippen LogP contribution in [-0.2, 0) is 17.8 Å². The van der Waals surface area contributed by atoms with E-state index in [2.05, 4.69) is 10.00 Å². The van der Waals surface area contributed by atoms with Gasteiger partial charge in [-0.1, -0.05) is 37.5 Å². The van der Waals surface area contributed by atoms with E-state index in [9.17, 15) is 4.79 Å². The van der Waals surface area contributed by atoms with Crippen molar-refractivity contribution in [2.24, 2.45) is 0 Å². The van der Waals surface area contributed by atoms with Gasteiger partial charge in [-0.3, -0.25) is 4.79 Å². The first kappa shape index (κ1) is 16.3. The molecule has 6 heteroatoms. The van der Waals surface area contributed by atoms with Gasteiger partial charge in [-0.2, -0.15) is 5.10 Å². The molecular weight excluding hydrogens is 316 g/mol. The number of nitrogens with zero attached hydrogens (tertiary/aromatic N) is 3. The van der Waals surface area contributed by atoms with Crippen LogP contribution in [0.4, 0.5) is 0 Å². The summed E-state index contributed by atoms with van der Waals surface area (Å²) in [6, 6.07) is 8.17. The summed E-state index contributed by atoms with van der Waals surface area (Å²) in [5.74, 6) is 1.67. The lowest BCUT2D eigenvalue weighted by atomic mass is 9.95. The molecule has 0 unspecified atom stereocenters. The average molecular weight is 340 g/mol. The third-order valence-electron chi connectivity index (χ3n) is 5.21. The number of rotatable bonds is 5. The van der Waals surface area contributed by atoms with Crippen LogP contribution < -0.4 is 5.32 Å². The summed E-state index contributed by atoms with van der Waals surface area (Å²) in [5, 5.41) is 7.80. The maximum absolute atomic E-state index is 12.2. The van der Waals surface area contributed by atoms with Gasteiger partial charge in [0.05, 0.1) is 12.1 Å². The molecule has 0 bridgehead atoms. The molecular formula is C19H24N4O2. The van der Waals surface area contributed by atoms with E-state index in [1.165, 1.54) is 19.3 Å². The van der Waals surface area contributed by atoms with Gasteiger partial charge in [0.25, 0.3) is 5.91 Å². The number of benzene rings is 1. The molecule has 6 nitrogen and oxygen atoms in total. The monoisotopic (exact) mass is 340 g/mol. The fraction of sp³-hybridized carbons (Fsp3) is 0.526. The van der Waals surface area contributed by atoms with Crippen molar-refractivity contribution in [1.29, 1.82) is 0 Å². The Labute approximate surface area is 147 Å². The SMILES string of the molecule is COCc1nc(C[C@@H]2NC(=O)c3ccccc32)n(C2CCCCC2)n1. The first-order valence-electron chi connectivity index (χ1n) is 9.09. The number of nitrogens with one attached hydrogen (secondary N) is 1.